The number of allylic oxidation sites excluding steroid dienone is 3. The highest BCUT2D eigenvalue weighted by Gasteiger charge is 1.97. The van der Waals surface area contributed by atoms with Crippen LogP contribution < -0.4 is 0 Å². The van der Waals surface area contributed by atoms with Gasteiger partial charge in [-0.15, -0.1) is 0 Å². The second kappa shape index (κ2) is 15.3. The molecule has 0 aliphatic rings. The number of carboxylic acids is 1. The smallest absolute Gasteiger partial charge is 0.330 e. The summed E-state index contributed by atoms with van der Waals surface area (Å²) < 4.78 is 0. The van der Waals surface area contributed by atoms with Crippen LogP contribution in [0.5, 0.6) is 0 Å². The maximum Gasteiger partial charge on any atom is 0.330 e. The number of hydrogen-bond donors (Lipinski definition) is 1. The molecule has 0 aliphatic carbocycles. The van der Waals surface area contributed by atoms with Crippen molar-refractivity contribution in [1.29, 1.82) is 0 Å². The van der Waals surface area contributed by atoms with E-state index in [0.29, 0.717) is 5.57 Å². The Hall–Kier alpha value is -1.05. The van der Waals surface area contributed by atoms with Crippen LogP contribution in [0.4, 0.5) is 0 Å². The third kappa shape index (κ3) is 15.2. The zero-order valence-electron chi connectivity index (χ0n) is 14.1. The van der Waals surface area contributed by atoms with Gasteiger partial charge in [0.15, 0.2) is 0 Å². The van der Waals surface area contributed by atoms with E-state index < -0.39 is 5.97 Å². The van der Waals surface area contributed by atoms with Gasteiger partial charge in [-0.3, -0.25) is 0 Å². The summed E-state index contributed by atoms with van der Waals surface area (Å²) >= 11 is 0. The lowest BCUT2D eigenvalue weighted by molar-refractivity contribution is -0.132. The molecule has 122 valence electrons. The van der Waals surface area contributed by atoms with E-state index in [4.69, 9.17) is 5.11 Å². The average molecular weight is 294 g/mol. The van der Waals surface area contributed by atoms with Gasteiger partial charge >= 0.3 is 5.97 Å². The lowest BCUT2D eigenvalue weighted by atomic mass is 10.1. The molecule has 0 bridgehead atoms. The van der Waals surface area contributed by atoms with E-state index in [2.05, 4.69) is 19.1 Å². The van der Waals surface area contributed by atoms with Crippen LogP contribution in [-0.4, -0.2) is 11.1 Å². The van der Waals surface area contributed by atoms with Gasteiger partial charge in [0.05, 0.1) is 0 Å². The van der Waals surface area contributed by atoms with Crippen LogP contribution in [0.1, 0.15) is 90.9 Å². The van der Waals surface area contributed by atoms with Crippen LogP contribution in [0.2, 0.25) is 0 Å². The molecule has 0 aliphatic heterocycles. The van der Waals surface area contributed by atoms with E-state index in [9.17, 15) is 4.79 Å². The molecule has 0 atom stereocenters. The van der Waals surface area contributed by atoms with E-state index >= 15 is 0 Å². The number of hydrogen-bond acceptors (Lipinski definition) is 1. The summed E-state index contributed by atoms with van der Waals surface area (Å²) in [6.07, 6.45) is 21.4. The molecule has 0 heterocycles. The molecule has 0 fully saturated rings. The molecule has 0 aromatic heterocycles. The molecular weight excluding hydrogens is 260 g/mol. The Labute approximate surface area is 131 Å². The Balaban J connectivity index is 3.24. The largest absolute Gasteiger partial charge is 0.478 e. The highest BCUT2D eigenvalue weighted by Crippen LogP contribution is 2.10. The Bertz CT molecular complexity index is 303. The monoisotopic (exact) mass is 294 g/mol. The SMILES string of the molecule is CCCCCCC=CCCCCCCCC=C(C)C(=O)O. The fourth-order valence-electron chi connectivity index (χ4n) is 2.27. The van der Waals surface area contributed by atoms with Gasteiger partial charge in [-0.1, -0.05) is 63.7 Å². The van der Waals surface area contributed by atoms with E-state index in [1.165, 1.54) is 64.2 Å². The van der Waals surface area contributed by atoms with Gasteiger partial charge in [0, 0.05) is 5.57 Å². The number of rotatable bonds is 14. The zero-order chi connectivity index (χ0) is 15.8. The first-order valence-electron chi connectivity index (χ1n) is 8.73. The Morgan fingerprint density at radius 2 is 1.29 bits per heavy atom. The summed E-state index contributed by atoms with van der Waals surface area (Å²) in [6.45, 7) is 3.91. The predicted octanol–water partition coefficient (Wildman–Crippen LogP) is 6.27. The van der Waals surface area contributed by atoms with Crippen LogP contribution in [0.15, 0.2) is 23.8 Å². The van der Waals surface area contributed by atoms with E-state index in [0.717, 1.165) is 12.8 Å². The van der Waals surface area contributed by atoms with Gasteiger partial charge in [-0.2, -0.15) is 0 Å². The molecule has 0 saturated carbocycles. The van der Waals surface area contributed by atoms with Gasteiger partial charge in [-0.25, -0.2) is 4.79 Å². The van der Waals surface area contributed by atoms with Gasteiger partial charge in [0.1, 0.15) is 0 Å². The molecule has 21 heavy (non-hydrogen) atoms. The normalized spacial score (nSPS) is 12.2. The first-order chi connectivity index (χ1) is 10.2. The summed E-state index contributed by atoms with van der Waals surface area (Å²) in [5.74, 6) is -0.795. The second-order valence-electron chi connectivity index (χ2n) is 5.86. The first-order valence-corrected chi connectivity index (χ1v) is 8.73. The Morgan fingerprint density at radius 3 is 1.81 bits per heavy atom. The molecule has 0 spiro atoms. The fourth-order valence-corrected chi connectivity index (χ4v) is 2.27. The second-order valence-corrected chi connectivity index (χ2v) is 5.86. The van der Waals surface area contributed by atoms with Crippen LogP contribution in [-0.2, 0) is 4.79 Å². The molecule has 0 rings (SSSR count). The van der Waals surface area contributed by atoms with Crippen molar-refractivity contribution in [2.24, 2.45) is 0 Å². The van der Waals surface area contributed by atoms with Crippen LogP contribution >= 0.6 is 0 Å². The molecule has 1 N–H and O–H groups in total. The third-order valence-electron chi connectivity index (χ3n) is 3.75. The van der Waals surface area contributed by atoms with Crippen molar-refractivity contribution in [2.45, 2.75) is 90.9 Å². The highest BCUT2D eigenvalue weighted by molar-refractivity contribution is 5.85. The molecule has 0 amide bonds. The standard InChI is InChI=1S/C19H34O2/c1-3-4-5-6-7-8-9-10-11-12-13-14-15-16-17-18(2)19(20)21/h8-9,17H,3-7,10-16H2,1-2H3,(H,20,21). The zero-order valence-corrected chi connectivity index (χ0v) is 14.1. The van der Waals surface area contributed by atoms with Gasteiger partial charge in [-0.05, 0) is 45.4 Å². The lowest BCUT2D eigenvalue weighted by Crippen LogP contribution is -1.95. The number of aliphatic carboxylic acids is 1. The molecular formula is C19H34O2. The predicted molar refractivity (Wildman–Crippen MR) is 91.6 cm³/mol. The van der Waals surface area contributed by atoms with E-state index in [1.807, 2.05) is 6.08 Å². The minimum atomic E-state index is -0.795. The first kappa shape index (κ1) is 19.9. The number of unbranched alkanes of at least 4 members (excludes halogenated alkanes) is 10. The summed E-state index contributed by atoms with van der Waals surface area (Å²) in [6, 6.07) is 0. The van der Waals surface area contributed by atoms with Crippen molar-refractivity contribution < 1.29 is 9.90 Å². The Morgan fingerprint density at radius 1 is 0.810 bits per heavy atom. The molecule has 0 unspecified atom stereocenters. The van der Waals surface area contributed by atoms with Crippen LogP contribution in [0.3, 0.4) is 0 Å². The average Bonchev–Trinajstić information content (AvgIpc) is 2.47. The molecule has 2 nitrogen and oxygen atoms in total. The van der Waals surface area contributed by atoms with Crippen molar-refractivity contribution in [2.75, 3.05) is 0 Å². The minimum Gasteiger partial charge on any atom is -0.478 e. The molecule has 0 aromatic rings. The number of carboxylic acid groups (broad SMARTS) is 1. The van der Waals surface area contributed by atoms with Crippen molar-refractivity contribution in [3.63, 3.8) is 0 Å². The summed E-state index contributed by atoms with van der Waals surface area (Å²) in [5.41, 5.74) is 0.471. The maximum absolute atomic E-state index is 10.6. The summed E-state index contributed by atoms with van der Waals surface area (Å²) in [7, 11) is 0. The third-order valence-corrected chi connectivity index (χ3v) is 3.75. The van der Waals surface area contributed by atoms with Crippen LogP contribution in [0, 0.1) is 0 Å². The molecule has 0 aromatic carbocycles. The minimum absolute atomic E-state index is 0.471. The van der Waals surface area contributed by atoms with Crippen molar-refractivity contribution in [3.05, 3.63) is 23.8 Å². The molecule has 0 saturated heterocycles. The quantitative estimate of drug-likeness (QED) is 0.233. The van der Waals surface area contributed by atoms with Crippen molar-refractivity contribution in [3.8, 4) is 0 Å². The van der Waals surface area contributed by atoms with E-state index in [1.54, 1.807) is 6.92 Å². The lowest BCUT2D eigenvalue weighted by Gasteiger charge is -1.99. The van der Waals surface area contributed by atoms with E-state index in [-0.39, 0.29) is 0 Å². The number of carbonyl (C=O) groups is 1. The van der Waals surface area contributed by atoms with Crippen molar-refractivity contribution in [1.82, 2.24) is 0 Å². The fraction of sp³-hybridized carbons (Fsp3) is 0.737. The topological polar surface area (TPSA) is 37.3 Å². The molecule has 0 radical (unpaired) electrons. The van der Waals surface area contributed by atoms with Crippen LogP contribution in [0.25, 0.3) is 0 Å². The molecule has 2 heteroatoms. The summed E-state index contributed by atoms with van der Waals surface area (Å²) in [4.78, 5) is 10.6. The summed E-state index contributed by atoms with van der Waals surface area (Å²) in [5, 5.41) is 8.71. The van der Waals surface area contributed by atoms with Gasteiger partial charge < -0.3 is 5.11 Å². The van der Waals surface area contributed by atoms with Crippen molar-refractivity contribution >= 4 is 5.97 Å². The van der Waals surface area contributed by atoms with Gasteiger partial charge in [0.2, 0.25) is 0 Å². The maximum atomic E-state index is 10.6. The highest BCUT2D eigenvalue weighted by atomic mass is 16.4. The van der Waals surface area contributed by atoms with Gasteiger partial charge in [0.25, 0.3) is 0 Å². The Kier molecular flexibility index (Phi) is 14.6.